The van der Waals surface area contributed by atoms with Crippen molar-refractivity contribution >= 4 is 33.3 Å². The number of aryl methyl sites for hydroxylation is 2. The number of nitrogens with zero attached hydrogens (tertiary/aromatic N) is 3. The number of imidazole rings is 1. The molecule has 0 saturated carbocycles. The summed E-state index contributed by atoms with van der Waals surface area (Å²) < 4.78 is 7.53. The van der Waals surface area contributed by atoms with Crippen molar-refractivity contribution in [3.63, 3.8) is 0 Å². The SMILES string of the molecule is Cc1cc(NC(=O)c2c(C)nc3ccc(Br)cn23)no1. The number of rotatable bonds is 2. The molecule has 0 aliphatic rings. The van der Waals surface area contributed by atoms with Gasteiger partial charge in [-0.1, -0.05) is 5.16 Å². The molecule has 0 atom stereocenters. The first-order valence-corrected chi connectivity index (χ1v) is 6.73. The van der Waals surface area contributed by atoms with Crippen LogP contribution in [0, 0.1) is 13.8 Å². The van der Waals surface area contributed by atoms with Gasteiger partial charge in [0.1, 0.15) is 17.1 Å². The van der Waals surface area contributed by atoms with Crippen LogP contribution >= 0.6 is 15.9 Å². The first kappa shape index (κ1) is 12.9. The van der Waals surface area contributed by atoms with E-state index in [1.807, 2.05) is 12.1 Å². The molecule has 0 bridgehead atoms. The third-order valence-corrected chi connectivity index (χ3v) is 3.31. The van der Waals surface area contributed by atoms with Gasteiger partial charge in [-0.05, 0) is 41.9 Å². The monoisotopic (exact) mass is 334 g/mol. The van der Waals surface area contributed by atoms with E-state index < -0.39 is 0 Å². The van der Waals surface area contributed by atoms with E-state index in [2.05, 4.69) is 31.4 Å². The van der Waals surface area contributed by atoms with Crippen molar-refractivity contribution in [2.75, 3.05) is 5.32 Å². The molecule has 3 aromatic heterocycles. The van der Waals surface area contributed by atoms with E-state index in [1.165, 1.54) is 0 Å². The standard InChI is InChI=1S/C13H11BrN4O2/c1-7-5-10(17-20-7)16-13(19)12-8(2)15-11-4-3-9(14)6-18(11)12/h3-6H,1-2H3,(H,16,17,19). The molecule has 20 heavy (non-hydrogen) atoms. The van der Waals surface area contributed by atoms with E-state index in [1.54, 1.807) is 30.5 Å². The fourth-order valence-electron chi connectivity index (χ4n) is 2.01. The van der Waals surface area contributed by atoms with E-state index in [4.69, 9.17) is 4.52 Å². The minimum absolute atomic E-state index is 0.276. The molecule has 0 radical (unpaired) electrons. The Bertz CT molecular complexity index is 806. The molecule has 1 N–H and O–H groups in total. The number of halogens is 1. The van der Waals surface area contributed by atoms with Gasteiger partial charge >= 0.3 is 0 Å². The predicted molar refractivity (Wildman–Crippen MR) is 76.8 cm³/mol. The van der Waals surface area contributed by atoms with E-state index in [0.29, 0.717) is 28.6 Å². The molecule has 0 aliphatic heterocycles. The van der Waals surface area contributed by atoms with Gasteiger partial charge in [0.2, 0.25) is 0 Å². The van der Waals surface area contributed by atoms with E-state index >= 15 is 0 Å². The van der Waals surface area contributed by atoms with Crippen molar-refractivity contribution < 1.29 is 9.32 Å². The first-order valence-electron chi connectivity index (χ1n) is 5.93. The summed E-state index contributed by atoms with van der Waals surface area (Å²) in [5, 5.41) is 6.44. The fraction of sp³-hybridized carbons (Fsp3) is 0.154. The van der Waals surface area contributed by atoms with Crippen LogP contribution in [0.4, 0.5) is 5.82 Å². The number of amides is 1. The summed E-state index contributed by atoms with van der Waals surface area (Å²) in [4.78, 5) is 16.7. The number of hydrogen-bond acceptors (Lipinski definition) is 4. The molecule has 3 aromatic rings. The number of pyridine rings is 1. The van der Waals surface area contributed by atoms with Crippen molar-refractivity contribution in [3.8, 4) is 0 Å². The topological polar surface area (TPSA) is 72.4 Å². The number of nitrogens with one attached hydrogen (secondary N) is 1. The van der Waals surface area contributed by atoms with Crippen LogP contribution in [0.2, 0.25) is 0 Å². The molecule has 102 valence electrons. The van der Waals surface area contributed by atoms with Crippen LogP contribution in [0.15, 0.2) is 33.4 Å². The Morgan fingerprint density at radius 3 is 2.90 bits per heavy atom. The van der Waals surface area contributed by atoms with Gasteiger partial charge in [0.25, 0.3) is 5.91 Å². The maximum atomic E-state index is 12.4. The number of carbonyl (C=O) groups is 1. The van der Waals surface area contributed by atoms with Gasteiger partial charge in [-0.3, -0.25) is 9.20 Å². The largest absolute Gasteiger partial charge is 0.360 e. The molecule has 7 heteroatoms. The quantitative estimate of drug-likeness (QED) is 0.781. The zero-order valence-electron chi connectivity index (χ0n) is 10.8. The highest BCUT2D eigenvalue weighted by Gasteiger charge is 2.18. The van der Waals surface area contributed by atoms with Gasteiger partial charge in [-0.25, -0.2) is 4.98 Å². The predicted octanol–water partition coefficient (Wildman–Crippen LogP) is 2.95. The van der Waals surface area contributed by atoms with Crippen LogP contribution < -0.4 is 5.32 Å². The minimum Gasteiger partial charge on any atom is -0.360 e. The molecule has 0 saturated heterocycles. The first-order chi connectivity index (χ1) is 9.54. The molecule has 0 unspecified atom stereocenters. The number of fused-ring (bicyclic) bond motifs is 1. The van der Waals surface area contributed by atoms with Crippen molar-refractivity contribution in [3.05, 3.63) is 46.0 Å². The summed E-state index contributed by atoms with van der Waals surface area (Å²) >= 11 is 3.39. The summed E-state index contributed by atoms with van der Waals surface area (Å²) in [5.74, 6) is 0.746. The highest BCUT2D eigenvalue weighted by molar-refractivity contribution is 9.10. The number of anilines is 1. The lowest BCUT2D eigenvalue weighted by Crippen LogP contribution is -2.15. The molecule has 0 aromatic carbocycles. The summed E-state index contributed by atoms with van der Waals surface area (Å²) in [6.07, 6.45) is 1.80. The Kier molecular flexibility index (Phi) is 3.06. The highest BCUT2D eigenvalue weighted by Crippen LogP contribution is 2.18. The smallest absolute Gasteiger partial charge is 0.275 e. The minimum atomic E-state index is -0.276. The molecule has 1 amide bonds. The average molecular weight is 335 g/mol. The molecular weight excluding hydrogens is 324 g/mol. The number of carbonyl (C=O) groups excluding carboxylic acids is 1. The third kappa shape index (κ3) is 2.20. The molecule has 3 rings (SSSR count). The average Bonchev–Trinajstić information content (AvgIpc) is 2.91. The highest BCUT2D eigenvalue weighted by atomic mass is 79.9. The lowest BCUT2D eigenvalue weighted by atomic mass is 10.3. The van der Waals surface area contributed by atoms with Gasteiger partial charge in [0, 0.05) is 16.7 Å². The Hall–Kier alpha value is -2.15. The summed E-state index contributed by atoms with van der Waals surface area (Å²) in [6.45, 7) is 3.56. The summed E-state index contributed by atoms with van der Waals surface area (Å²) in [6, 6.07) is 5.38. The van der Waals surface area contributed by atoms with Gasteiger partial charge in [0.05, 0.1) is 5.69 Å². The van der Waals surface area contributed by atoms with Gasteiger partial charge in [-0.2, -0.15) is 0 Å². The third-order valence-electron chi connectivity index (χ3n) is 2.84. The van der Waals surface area contributed by atoms with Crippen LogP contribution in [-0.2, 0) is 0 Å². The fourth-order valence-corrected chi connectivity index (χ4v) is 2.35. The second-order valence-corrected chi connectivity index (χ2v) is 5.31. The zero-order valence-corrected chi connectivity index (χ0v) is 12.4. The number of hydrogen-bond donors (Lipinski definition) is 1. The Morgan fingerprint density at radius 1 is 1.40 bits per heavy atom. The lowest BCUT2D eigenvalue weighted by Gasteiger charge is -2.03. The van der Waals surface area contributed by atoms with Gasteiger partial charge in [-0.15, -0.1) is 0 Å². The van der Waals surface area contributed by atoms with Crippen LogP contribution in [0.5, 0.6) is 0 Å². The second-order valence-electron chi connectivity index (χ2n) is 4.40. The maximum absolute atomic E-state index is 12.4. The van der Waals surface area contributed by atoms with Crippen molar-refractivity contribution in [1.29, 1.82) is 0 Å². The normalized spacial score (nSPS) is 10.9. The van der Waals surface area contributed by atoms with Crippen LogP contribution in [-0.4, -0.2) is 20.4 Å². The molecule has 3 heterocycles. The van der Waals surface area contributed by atoms with Crippen LogP contribution in [0.3, 0.4) is 0 Å². The second kappa shape index (κ2) is 4.75. The summed E-state index contributed by atoms with van der Waals surface area (Å²) in [7, 11) is 0. The summed E-state index contributed by atoms with van der Waals surface area (Å²) in [5.41, 5.74) is 1.84. The van der Waals surface area contributed by atoms with E-state index in [0.717, 1.165) is 4.47 Å². The maximum Gasteiger partial charge on any atom is 0.275 e. The van der Waals surface area contributed by atoms with E-state index in [9.17, 15) is 4.79 Å². The van der Waals surface area contributed by atoms with Crippen LogP contribution in [0.25, 0.3) is 5.65 Å². The van der Waals surface area contributed by atoms with Crippen molar-refractivity contribution in [1.82, 2.24) is 14.5 Å². The molecule has 0 fully saturated rings. The Labute approximate surface area is 122 Å². The van der Waals surface area contributed by atoms with Gasteiger partial charge in [0.15, 0.2) is 5.82 Å². The van der Waals surface area contributed by atoms with E-state index in [-0.39, 0.29) is 5.91 Å². The van der Waals surface area contributed by atoms with Crippen molar-refractivity contribution in [2.45, 2.75) is 13.8 Å². The zero-order chi connectivity index (χ0) is 14.3. The molecule has 0 spiro atoms. The molecule has 6 nitrogen and oxygen atoms in total. The Balaban J connectivity index is 2.02. The molecular formula is C13H11BrN4O2. The van der Waals surface area contributed by atoms with Crippen molar-refractivity contribution in [2.24, 2.45) is 0 Å². The number of aromatic nitrogens is 3. The van der Waals surface area contributed by atoms with Gasteiger partial charge < -0.3 is 9.84 Å². The molecule has 0 aliphatic carbocycles. The Morgan fingerprint density at radius 2 is 2.20 bits per heavy atom. The lowest BCUT2D eigenvalue weighted by molar-refractivity contribution is 0.102. The van der Waals surface area contributed by atoms with Crippen LogP contribution in [0.1, 0.15) is 21.9 Å².